The molecule has 7 heteroatoms. The molecule has 0 fully saturated rings. The second kappa shape index (κ2) is 10.2. The summed E-state index contributed by atoms with van der Waals surface area (Å²) in [5, 5.41) is 33.3. The standard InChI is InChI=1S/2CH2O3.Ru/c2*2-1(3)4;/h2*(H2,2,3,4);/q;;+4/p-4. The molecule has 0 radical (unpaired) electrons. The van der Waals surface area contributed by atoms with Gasteiger partial charge in [-0.25, -0.2) is 0 Å². The summed E-state index contributed by atoms with van der Waals surface area (Å²) in [4.78, 5) is 16.7. The van der Waals surface area contributed by atoms with E-state index >= 15 is 0 Å². The van der Waals surface area contributed by atoms with Crippen molar-refractivity contribution in [3.05, 3.63) is 0 Å². The molecule has 0 saturated carbocycles. The van der Waals surface area contributed by atoms with E-state index in [-0.39, 0.29) is 19.5 Å². The summed E-state index contributed by atoms with van der Waals surface area (Å²) in [5.74, 6) is 0. The van der Waals surface area contributed by atoms with Crippen LogP contribution >= 0.6 is 0 Å². The Balaban J connectivity index is -0.0000000720. The Hall–Kier alpha value is -0.837. The van der Waals surface area contributed by atoms with Gasteiger partial charge in [-0.05, 0) is 12.3 Å². The van der Waals surface area contributed by atoms with Gasteiger partial charge < -0.3 is 30.0 Å². The maximum absolute atomic E-state index is 8.33. The number of rotatable bonds is 0. The molecule has 9 heavy (non-hydrogen) atoms. The van der Waals surface area contributed by atoms with E-state index < -0.39 is 12.3 Å². The third-order valence-corrected chi connectivity index (χ3v) is 0. The van der Waals surface area contributed by atoms with Crippen molar-refractivity contribution in [2.24, 2.45) is 0 Å². The van der Waals surface area contributed by atoms with Crippen LogP contribution in [0, 0.1) is 0 Å². The van der Waals surface area contributed by atoms with E-state index in [9.17, 15) is 0 Å². The van der Waals surface area contributed by atoms with Crippen LogP contribution < -0.4 is 20.4 Å². The third-order valence-electron chi connectivity index (χ3n) is 0. The molecule has 52 valence electrons. The van der Waals surface area contributed by atoms with Crippen molar-refractivity contribution in [3.63, 3.8) is 0 Å². The van der Waals surface area contributed by atoms with Gasteiger partial charge in [0.1, 0.15) is 0 Å². The van der Waals surface area contributed by atoms with Gasteiger partial charge in [-0.2, -0.15) is 0 Å². The number of carbonyl (C=O) groups excluding carboxylic acids is 2. The smallest absolute Gasteiger partial charge is 0.652 e. The van der Waals surface area contributed by atoms with Gasteiger partial charge >= 0.3 is 19.5 Å². The number of carbonyl (C=O) groups is 2. The molecule has 0 bridgehead atoms. The summed E-state index contributed by atoms with van der Waals surface area (Å²) in [6.07, 6.45) is -4.67. The molecule has 0 unspecified atom stereocenters. The summed E-state index contributed by atoms with van der Waals surface area (Å²) in [5.41, 5.74) is 0. The van der Waals surface area contributed by atoms with Gasteiger partial charge in [0.05, 0.1) is 0 Å². The van der Waals surface area contributed by atoms with Crippen molar-refractivity contribution in [1.82, 2.24) is 0 Å². The van der Waals surface area contributed by atoms with Crippen LogP contribution in [0.4, 0.5) is 9.59 Å². The first-order valence-corrected chi connectivity index (χ1v) is 1.22. The molecule has 0 rings (SSSR count). The van der Waals surface area contributed by atoms with Gasteiger partial charge in [-0.3, -0.25) is 0 Å². The second-order valence-electron chi connectivity index (χ2n) is 0.500. The van der Waals surface area contributed by atoms with Gasteiger partial charge in [0, 0.05) is 0 Å². The molecular formula is C2O6Ru. The Labute approximate surface area is 62.5 Å². The minimum atomic E-state index is -2.33. The zero-order valence-corrected chi connectivity index (χ0v) is 5.54. The van der Waals surface area contributed by atoms with Crippen molar-refractivity contribution < 1.29 is 49.5 Å². The van der Waals surface area contributed by atoms with Crippen molar-refractivity contribution in [1.29, 1.82) is 0 Å². The first-order valence-electron chi connectivity index (χ1n) is 1.22. The van der Waals surface area contributed by atoms with Crippen LogP contribution in [0.25, 0.3) is 0 Å². The molecule has 0 aromatic carbocycles. The van der Waals surface area contributed by atoms with Crippen molar-refractivity contribution in [2.75, 3.05) is 0 Å². The summed E-state index contributed by atoms with van der Waals surface area (Å²) in [6.45, 7) is 0. The van der Waals surface area contributed by atoms with Gasteiger partial charge in [0.15, 0.2) is 0 Å². The Bertz CT molecular complexity index is 69.1. The molecule has 0 aliphatic carbocycles. The van der Waals surface area contributed by atoms with Crippen LogP contribution in [-0.2, 0) is 19.5 Å². The zero-order chi connectivity index (χ0) is 7.15. The molecule has 0 aliphatic rings. The van der Waals surface area contributed by atoms with Crippen LogP contribution in [-0.4, -0.2) is 12.3 Å². The fraction of sp³-hybridized carbons (Fsp3) is 0. The fourth-order valence-electron chi connectivity index (χ4n) is 0. The average Bonchev–Trinajstić information content (AvgIpc) is 1.25. The van der Waals surface area contributed by atoms with E-state index in [1.165, 1.54) is 0 Å². The predicted octanol–water partition coefficient (Wildman–Crippen LogP) is -4.90. The minimum Gasteiger partial charge on any atom is -0.652 e. The van der Waals surface area contributed by atoms with Crippen LogP contribution in [0.1, 0.15) is 0 Å². The zero-order valence-electron chi connectivity index (χ0n) is 3.80. The predicted molar refractivity (Wildman–Crippen MR) is 10.8 cm³/mol. The van der Waals surface area contributed by atoms with E-state index in [4.69, 9.17) is 30.0 Å². The molecule has 6 nitrogen and oxygen atoms in total. The third kappa shape index (κ3) is 273. The second-order valence-corrected chi connectivity index (χ2v) is 0.500. The van der Waals surface area contributed by atoms with E-state index in [2.05, 4.69) is 0 Å². The van der Waals surface area contributed by atoms with E-state index in [0.717, 1.165) is 0 Å². The van der Waals surface area contributed by atoms with Crippen molar-refractivity contribution in [2.45, 2.75) is 0 Å². The maximum Gasteiger partial charge on any atom is 4.00 e. The van der Waals surface area contributed by atoms with Gasteiger partial charge in [0.25, 0.3) is 0 Å². The molecule has 0 heterocycles. The van der Waals surface area contributed by atoms with Gasteiger partial charge in [0.2, 0.25) is 0 Å². The maximum atomic E-state index is 8.33. The van der Waals surface area contributed by atoms with Gasteiger partial charge in [-0.15, -0.1) is 0 Å². The van der Waals surface area contributed by atoms with Crippen LogP contribution in [0.5, 0.6) is 0 Å². The fourth-order valence-corrected chi connectivity index (χ4v) is 0. The number of carboxylic acid groups (broad SMARTS) is 4. The Kier molecular flexibility index (Phi) is 17.8. The largest absolute Gasteiger partial charge is 4.00 e. The molecule has 0 N–H and O–H groups in total. The Morgan fingerprint density at radius 3 is 0.778 bits per heavy atom. The summed E-state index contributed by atoms with van der Waals surface area (Å²) < 4.78 is 0. The SMILES string of the molecule is O=C([O-])[O-].O=C([O-])[O-].[Ru+4]. The van der Waals surface area contributed by atoms with Crippen LogP contribution in [0.3, 0.4) is 0 Å². The normalized spacial score (nSPS) is 5.33. The van der Waals surface area contributed by atoms with Gasteiger partial charge in [-0.1, -0.05) is 0 Å². The summed E-state index contributed by atoms with van der Waals surface area (Å²) >= 11 is 0. The average molecular weight is 221 g/mol. The minimum absolute atomic E-state index is 0. The molecule has 0 amide bonds. The molecule has 0 spiro atoms. The van der Waals surface area contributed by atoms with Crippen molar-refractivity contribution in [3.8, 4) is 0 Å². The Morgan fingerprint density at radius 1 is 0.778 bits per heavy atom. The van der Waals surface area contributed by atoms with Crippen LogP contribution in [0.15, 0.2) is 0 Å². The molecule has 0 atom stereocenters. The van der Waals surface area contributed by atoms with E-state index in [1.807, 2.05) is 0 Å². The monoisotopic (exact) mass is 222 g/mol. The van der Waals surface area contributed by atoms with Crippen molar-refractivity contribution >= 4 is 12.3 Å². The van der Waals surface area contributed by atoms with E-state index in [0.29, 0.717) is 0 Å². The molecule has 0 aliphatic heterocycles. The Morgan fingerprint density at radius 2 is 0.778 bits per heavy atom. The van der Waals surface area contributed by atoms with E-state index in [1.54, 1.807) is 0 Å². The quantitative estimate of drug-likeness (QED) is 0.377. The summed E-state index contributed by atoms with van der Waals surface area (Å²) in [6, 6.07) is 0. The summed E-state index contributed by atoms with van der Waals surface area (Å²) in [7, 11) is 0. The molecule has 0 aromatic rings. The topological polar surface area (TPSA) is 126 Å². The first kappa shape index (κ1) is 15.7. The molecule has 0 saturated heterocycles. The number of hydrogen-bond donors (Lipinski definition) is 0. The molecular weight excluding hydrogens is 221 g/mol. The first-order chi connectivity index (χ1) is 3.46. The molecule has 0 aromatic heterocycles. The van der Waals surface area contributed by atoms with Crippen LogP contribution in [0.2, 0.25) is 0 Å². The number of hydrogen-bond acceptors (Lipinski definition) is 6.